The van der Waals surface area contributed by atoms with Gasteiger partial charge in [0.2, 0.25) is 0 Å². The number of aryl methyl sites for hydroxylation is 1. The van der Waals surface area contributed by atoms with Crippen LogP contribution in [0, 0.1) is 5.92 Å². The van der Waals surface area contributed by atoms with Crippen LogP contribution < -0.4 is 11.1 Å². The lowest BCUT2D eigenvalue weighted by Crippen LogP contribution is -2.29. The van der Waals surface area contributed by atoms with Crippen molar-refractivity contribution in [3.63, 3.8) is 0 Å². The molecule has 5 heteroatoms. The first-order valence-electron chi connectivity index (χ1n) is 6.86. The molecule has 1 aromatic rings. The topological polar surface area (TPSA) is 69.3 Å². The molecule has 19 heavy (non-hydrogen) atoms. The van der Waals surface area contributed by atoms with E-state index in [0.717, 1.165) is 19.6 Å². The van der Waals surface area contributed by atoms with Crippen molar-refractivity contribution in [1.82, 2.24) is 9.88 Å². The number of amides is 1. The molecule has 1 aromatic heterocycles. The van der Waals surface area contributed by atoms with Crippen molar-refractivity contribution < 1.29 is 9.53 Å². The number of anilines is 1. The summed E-state index contributed by atoms with van der Waals surface area (Å²) in [6.07, 6.45) is 2.76. The number of carbonyl (C=O) groups is 1. The zero-order valence-electron chi connectivity index (χ0n) is 12.1. The van der Waals surface area contributed by atoms with Gasteiger partial charge in [-0.2, -0.15) is 0 Å². The molecule has 0 aliphatic rings. The molecular weight excluding hydrogens is 242 g/mol. The van der Waals surface area contributed by atoms with Gasteiger partial charge in [0.25, 0.3) is 5.91 Å². The minimum Gasteiger partial charge on any atom is -0.397 e. The molecule has 1 rings (SSSR count). The van der Waals surface area contributed by atoms with Crippen molar-refractivity contribution in [2.24, 2.45) is 5.92 Å². The Morgan fingerprint density at radius 2 is 2.26 bits per heavy atom. The number of nitrogen functional groups attached to an aromatic ring is 1. The fourth-order valence-electron chi connectivity index (χ4n) is 1.80. The number of aromatic nitrogens is 1. The normalized spacial score (nSPS) is 10.9. The molecular formula is C14H25N3O2. The van der Waals surface area contributed by atoms with Crippen molar-refractivity contribution in [2.45, 2.75) is 33.7 Å². The molecule has 3 N–H and O–H groups in total. The molecule has 0 fully saturated rings. The first-order chi connectivity index (χ1) is 9.04. The number of nitrogens with zero attached hydrogens (tertiary/aromatic N) is 1. The highest BCUT2D eigenvalue weighted by Gasteiger charge is 2.11. The molecule has 0 radical (unpaired) electrons. The van der Waals surface area contributed by atoms with Crippen LogP contribution in [0.2, 0.25) is 0 Å². The Morgan fingerprint density at radius 3 is 2.89 bits per heavy atom. The van der Waals surface area contributed by atoms with Gasteiger partial charge in [0.05, 0.1) is 12.3 Å². The molecule has 1 heterocycles. The number of carbonyl (C=O) groups excluding carboxylic acids is 1. The maximum absolute atomic E-state index is 12.0. The first kappa shape index (κ1) is 15.6. The van der Waals surface area contributed by atoms with Gasteiger partial charge in [0, 0.05) is 25.9 Å². The molecule has 0 aliphatic heterocycles. The summed E-state index contributed by atoms with van der Waals surface area (Å²) in [6, 6.07) is 1.71. The Kier molecular flexibility index (Phi) is 6.42. The quantitative estimate of drug-likeness (QED) is 0.707. The molecule has 0 spiro atoms. The summed E-state index contributed by atoms with van der Waals surface area (Å²) in [4.78, 5) is 12.0. The summed E-state index contributed by atoms with van der Waals surface area (Å²) in [7, 11) is 0. The molecule has 5 nitrogen and oxygen atoms in total. The van der Waals surface area contributed by atoms with Crippen LogP contribution in [0.3, 0.4) is 0 Å². The van der Waals surface area contributed by atoms with Gasteiger partial charge in [0.15, 0.2) is 0 Å². The number of rotatable bonds is 8. The van der Waals surface area contributed by atoms with Gasteiger partial charge in [-0.1, -0.05) is 20.8 Å². The van der Waals surface area contributed by atoms with Gasteiger partial charge in [0.1, 0.15) is 5.69 Å². The number of hydrogen-bond acceptors (Lipinski definition) is 3. The van der Waals surface area contributed by atoms with Crippen molar-refractivity contribution in [1.29, 1.82) is 0 Å². The van der Waals surface area contributed by atoms with Gasteiger partial charge in [-0.15, -0.1) is 0 Å². The van der Waals surface area contributed by atoms with Crippen molar-refractivity contribution >= 4 is 11.6 Å². The number of nitrogens with one attached hydrogen (secondary N) is 1. The summed E-state index contributed by atoms with van der Waals surface area (Å²) in [5.41, 5.74) is 6.97. The minimum absolute atomic E-state index is 0.0988. The van der Waals surface area contributed by atoms with E-state index >= 15 is 0 Å². The molecule has 0 saturated heterocycles. The molecule has 0 unspecified atom stereocenters. The zero-order chi connectivity index (χ0) is 14.3. The third kappa shape index (κ3) is 5.34. The second-order valence-corrected chi connectivity index (χ2v) is 5.08. The lowest BCUT2D eigenvalue weighted by Gasteiger charge is -2.10. The fourth-order valence-corrected chi connectivity index (χ4v) is 1.80. The molecule has 0 bridgehead atoms. The SMILES string of the molecule is CCCn1cc(N)cc1C(=O)NCCOCC(C)C. The van der Waals surface area contributed by atoms with E-state index in [1.165, 1.54) is 0 Å². The predicted octanol–water partition coefficient (Wildman–Crippen LogP) is 1.88. The molecule has 108 valence electrons. The van der Waals surface area contributed by atoms with E-state index in [4.69, 9.17) is 10.5 Å². The monoisotopic (exact) mass is 267 g/mol. The second kappa shape index (κ2) is 7.84. The van der Waals surface area contributed by atoms with Crippen LogP contribution in [0.25, 0.3) is 0 Å². The van der Waals surface area contributed by atoms with E-state index < -0.39 is 0 Å². The first-order valence-corrected chi connectivity index (χ1v) is 6.86. The fraction of sp³-hybridized carbons (Fsp3) is 0.643. The Balaban J connectivity index is 2.40. The average molecular weight is 267 g/mol. The lowest BCUT2D eigenvalue weighted by atomic mass is 10.2. The summed E-state index contributed by atoms with van der Waals surface area (Å²) >= 11 is 0. The van der Waals surface area contributed by atoms with E-state index in [9.17, 15) is 4.79 Å². The Morgan fingerprint density at radius 1 is 1.53 bits per heavy atom. The highest BCUT2D eigenvalue weighted by molar-refractivity contribution is 5.93. The van der Waals surface area contributed by atoms with Crippen LogP contribution in [0.15, 0.2) is 12.3 Å². The van der Waals surface area contributed by atoms with E-state index in [1.807, 2.05) is 4.57 Å². The highest BCUT2D eigenvalue weighted by Crippen LogP contribution is 2.11. The Hall–Kier alpha value is -1.49. The van der Waals surface area contributed by atoms with Gasteiger partial charge in [-0.25, -0.2) is 0 Å². The van der Waals surface area contributed by atoms with Crippen LogP contribution in [-0.2, 0) is 11.3 Å². The van der Waals surface area contributed by atoms with Gasteiger partial charge in [-0.05, 0) is 18.4 Å². The molecule has 0 saturated carbocycles. The largest absolute Gasteiger partial charge is 0.397 e. The van der Waals surface area contributed by atoms with E-state index in [2.05, 4.69) is 26.1 Å². The summed E-state index contributed by atoms with van der Waals surface area (Å²) in [5, 5.41) is 2.84. The van der Waals surface area contributed by atoms with Crippen LogP contribution in [0.5, 0.6) is 0 Å². The van der Waals surface area contributed by atoms with E-state index in [-0.39, 0.29) is 5.91 Å². The predicted molar refractivity (Wildman–Crippen MR) is 77.1 cm³/mol. The van der Waals surface area contributed by atoms with Crippen molar-refractivity contribution in [3.05, 3.63) is 18.0 Å². The van der Waals surface area contributed by atoms with Crippen molar-refractivity contribution in [2.75, 3.05) is 25.5 Å². The third-order valence-electron chi connectivity index (χ3n) is 2.60. The molecule has 0 aromatic carbocycles. The maximum atomic E-state index is 12.0. The number of ether oxygens (including phenoxy) is 1. The van der Waals surface area contributed by atoms with E-state index in [1.54, 1.807) is 12.3 Å². The standard InChI is InChI=1S/C14H25N3O2/c1-4-6-17-9-12(15)8-13(17)14(18)16-5-7-19-10-11(2)3/h8-9,11H,4-7,10,15H2,1-3H3,(H,16,18). The Labute approximate surface area is 115 Å². The molecule has 0 atom stereocenters. The summed E-state index contributed by atoms with van der Waals surface area (Å²) in [5.74, 6) is 0.413. The molecule has 0 aliphatic carbocycles. The summed E-state index contributed by atoms with van der Waals surface area (Å²) < 4.78 is 7.31. The zero-order valence-corrected chi connectivity index (χ0v) is 12.1. The highest BCUT2D eigenvalue weighted by atomic mass is 16.5. The number of hydrogen-bond donors (Lipinski definition) is 2. The average Bonchev–Trinajstić information content (AvgIpc) is 2.70. The van der Waals surface area contributed by atoms with Crippen LogP contribution >= 0.6 is 0 Å². The third-order valence-corrected chi connectivity index (χ3v) is 2.60. The van der Waals surface area contributed by atoms with Crippen LogP contribution in [-0.4, -0.2) is 30.2 Å². The van der Waals surface area contributed by atoms with E-state index in [0.29, 0.717) is 30.5 Å². The van der Waals surface area contributed by atoms with Gasteiger partial charge in [-0.3, -0.25) is 4.79 Å². The van der Waals surface area contributed by atoms with Gasteiger partial charge < -0.3 is 20.4 Å². The summed E-state index contributed by atoms with van der Waals surface area (Å²) in [6.45, 7) is 8.82. The smallest absolute Gasteiger partial charge is 0.268 e. The Bertz CT molecular complexity index is 399. The van der Waals surface area contributed by atoms with Crippen LogP contribution in [0.1, 0.15) is 37.7 Å². The van der Waals surface area contributed by atoms with Crippen molar-refractivity contribution in [3.8, 4) is 0 Å². The number of nitrogens with two attached hydrogens (primary N) is 1. The van der Waals surface area contributed by atoms with Gasteiger partial charge >= 0.3 is 0 Å². The van der Waals surface area contributed by atoms with Crippen LogP contribution in [0.4, 0.5) is 5.69 Å². The second-order valence-electron chi connectivity index (χ2n) is 5.08. The lowest BCUT2D eigenvalue weighted by molar-refractivity contribution is 0.0878. The maximum Gasteiger partial charge on any atom is 0.268 e. The minimum atomic E-state index is -0.0988. The molecule has 1 amide bonds.